The molecule has 6 heteroatoms. The minimum absolute atomic E-state index is 0.0142. The van der Waals surface area contributed by atoms with E-state index in [9.17, 15) is 9.18 Å². The van der Waals surface area contributed by atoms with Gasteiger partial charge in [0.15, 0.2) is 5.16 Å². The van der Waals surface area contributed by atoms with Gasteiger partial charge in [-0.25, -0.2) is 9.37 Å². The summed E-state index contributed by atoms with van der Waals surface area (Å²) < 4.78 is 15.1. The van der Waals surface area contributed by atoms with Gasteiger partial charge in [-0.15, -0.1) is 0 Å². The van der Waals surface area contributed by atoms with Crippen molar-refractivity contribution in [1.29, 1.82) is 0 Å². The molecule has 1 aliphatic rings. The average molecular weight is 429 g/mol. The van der Waals surface area contributed by atoms with Crippen LogP contribution in [0.15, 0.2) is 64.1 Å². The second-order valence-electron chi connectivity index (χ2n) is 7.25. The topological polar surface area (TPSA) is 34.9 Å². The van der Waals surface area contributed by atoms with Gasteiger partial charge in [0.1, 0.15) is 5.82 Å². The lowest BCUT2D eigenvalue weighted by molar-refractivity contribution is 0.569. The molecule has 0 spiro atoms. The summed E-state index contributed by atoms with van der Waals surface area (Å²) in [6.45, 7) is 0.613. The van der Waals surface area contributed by atoms with Crippen LogP contribution in [-0.2, 0) is 12.3 Å². The molecule has 3 nitrogen and oxygen atoms in total. The van der Waals surface area contributed by atoms with Gasteiger partial charge in [0.2, 0.25) is 0 Å². The zero-order valence-corrected chi connectivity index (χ0v) is 17.6. The molecule has 0 atom stereocenters. The number of thioether (sulfide) groups is 1. The fraction of sp³-hybridized carbons (Fsp3) is 0.304. The molecule has 3 aromatic rings. The highest BCUT2D eigenvalue weighted by molar-refractivity contribution is 7.98. The van der Waals surface area contributed by atoms with Gasteiger partial charge < -0.3 is 0 Å². The Morgan fingerprint density at radius 3 is 2.83 bits per heavy atom. The van der Waals surface area contributed by atoms with Crippen molar-refractivity contribution in [2.45, 2.75) is 49.6 Å². The van der Waals surface area contributed by atoms with Crippen LogP contribution in [0.3, 0.4) is 0 Å². The van der Waals surface area contributed by atoms with Crippen LogP contribution < -0.4 is 5.56 Å². The molecule has 4 rings (SSSR count). The van der Waals surface area contributed by atoms with Gasteiger partial charge in [-0.3, -0.25) is 9.36 Å². The first kappa shape index (κ1) is 20.2. The predicted molar refractivity (Wildman–Crippen MR) is 118 cm³/mol. The summed E-state index contributed by atoms with van der Waals surface area (Å²) in [6.07, 6.45) is 7.90. The lowest BCUT2D eigenvalue weighted by Crippen LogP contribution is -2.24. The first-order valence-electron chi connectivity index (χ1n) is 9.86. The number of rotatable bonds is 6. The SMILES string of the molecule is O=c1c2ccccc2nc(SCc2ccc(F)cc2Cl)n1CCC1=CCCCC1. The van der Waals surface area contributed by atoms with E-state index in [1.165, 1.54) is 42.3 Å². The molecule has 0 N–H and O–H groups in total. The molecule has 1 aliphatic carbocycles. The maximum atomic E-state index is 13.3. The Hall–Kier alpha value is -2.11. The number of hydrogen-bond acceptors (Lipinski definition) is 3. The van der Waals surface area contributed by atoms with Gasteiger partial charge in [0, 0.05) is 17.3 Å². The molecule has 29 heavy (non-hydrogen) atoms. The third-order valence-corrected chi connectivity index (χ3v) is 6.62. The Balaban J connectivity index is 1.64. The molecular weight excluding hydrogens is 407 g/mol. The summed E-state index contributed by atoms with van der Waals surface area (Å²) in [6, 6.07) is 11.8. The number of para-hydroxylation sites is 1. The van der Waals surface area contributed by atoms with E-state index in [0.29, 0.717) is 33.4 Å². The average Bonchev–Trinajstić information content (AvgIpc) is 2.73. The Labute approximate surface area is 178 Å². The van der Waals surface area contributed by atoms with Crippen molar-refractivity contribution >= 4 is 34.3 Å². The van der Waals surface area contributed by atoms with E-state index < -0.39 is 0 Å². The van der Waals surface area contributed by atoms with Crippen molar-refractivity contribution in [3.8, 4) is 0 Å². The second-order valence-corrected chi connectivity index (χ2v) is 8.60. The van der Waals surface area contributed by atoms with Crippen LogP contribution in [0.1, 0.15) is 37.7 Å². The van der Waals surface area contributed by atoms with E-state index in [4.69, 9.17) is 16.6 Å². The van der Waals surface area contributed by atoms with Gasteiger partial charge >= 0.3 is 0 Å². The first-order chi connectivity index (χ1) is 14.1. The number of aromatic nitrogens is 2. The number of benzene rings is 2. The molecule has 0 aliphatic heterocycles. The van der Waals surface area contributed by atoms with Crippen molar-refractivity contribution in [2.24, 2.45) is 0 Å². The molecule has 150 valence electrons. The number of fused-ring (bicyclic) bond motifs is 1. The summed E-state index contributed by atoms with van der Waals surface area (Å²) in [5.41, 5.74) is 2.92. The highest BCUT2D eigenvalue weighted by atomic mass is 35.5. The van der Waals surface area contributed by atoms with E-state index >= 15 is 0 Å². The van der Waals surface area contributed by atoms with E-state index in [1.54, 1.807) is 10.6 Å². The quantitative estimate of drug-likeness (QED) is 0.260. The number of halogens is 2. The Kier molecular flexibility index (Phi) is 6.36. The van der Waals surface area contributed by atoms with E-state index in [0.717, 1.165) is 24.8 Å². The maximum Gasteiger partial charge on any atom is 0.262 e. The molecule has 2 aromatic carbocycles. The van der Waals surface area contributed by atoms with Crippen LogP contribution in [-0.4, -0.2) is 9.55 Å². The molecular formula is C23H22ClFN2OS. The van der Waals surface area contributed by atoms with Crippen molar-refractivity contribution in [3.05, 3.63) is 80.9 Å². The van der Waals surface area contributed by atoms with Crippen LogP contribution in [0.5, 0.6) is 0 Å². The van der Waals surface area contributed by atoms with Crippen LogP contribution in [0.25, 0.3) is 10.9 Å². The van der Waals surface area contributed by atoms with Gasteiger partial charge in [-0.05, 0) is 61.9 Å². The van der Waals surface area contributed by atoms with Gasteiger partial charge in [-0.2, -0.15) is 0 Å². The molecule has 0 unspecified atom stereocenters. The largest absolute Gasteiger partial charge is 0.287 e. The first-order valence-corrected chi connectivity index (χ1v) is 11.2. The second kappa shape index (κ2) is 9.14. The Morgan fingerprint density at radius 2 is 2.03 bits per heavy atom. The molecule has 1 heterocycles. The van der Waals surface area contributed by atoms with Crippen LogP contribution in [0.2, 0.25) is 5.02 Å². The molecule has 1 aromatic heterocycles. The fourth-order valence-electron chi connectivity index (χ4n) is 3.62. The smallest absolute Gasteiger partial charge is 0.262 e. The van der Waals surface area contributed by atoms with Crippen molar-refractivity contribution in [1.82, 2.24) is 9.55 Å². The monoisotopic (exact) mass is 428 g/mol. The predicted octanol–water partition coefficient (Wildman–Crippen LogP) is 6.37. The van der Waals surface area contributed by atoms with Crippen molar-refractivity contribution in [2.75, 3.05) is 0 Å². The zero-order chi connectivity index (χ0) is 20.2. The maximum absolute atomic E-state index is 13.3. The van der Waals surface area contributed by atoms with E-state index in [2.05, 4.69) is 6.08 Å². The summed E-state index contributed by atoms with van der Waals surface area (Å²) in [5.74, 6) is 0.164. The minimum atomic E-state index is -0.356. The van der Waals surface area contributed by atoms with Crippen LogP contribution >= 0.6 is 23.4 Å². The molecule has 0 saturated carbocycles. The normalized spacial score (nSPS) is 14.2. The highest BCUT2D eigenvalue weighted by Crippen LogP contribution is 2.28. The number of allylic oxidation sites excluding steroid dienone is 2. The Morgan fingerprint density at radius 1 is 1.17 bits per heavy atom. The fourth-order valence-corrected chi connectivity index (χ4v) is 4.97. The standard InChI is InChI=1S/C23H22ClFN2OS/c24-20-14-18(25)11-10-17(20)15-29-23-26-21-9-5-4-8-19(21)22(28)27(23)13-12-16-6-2-1-3-7-16/h4-6,8-11,14H,1-3,7,12-13,15H2. The molecule has 0 bridgehead atoms. The summed E-state index contributed by atoms with van der Waals surface area (Å²) in [7, 11) is 0. The highest BCUT2D eigenvalue weighted by Gasteiger charge is 2.14. The third kappa shape index (κ3) is 4.73. The van der Waals surface area contributed by atoms with Crippen molar-refractivity contribution < 1.29 is 4.39 Å². The summed E-state index contributed by atoms with van der Waals surface area (Å²) >= 11 is 7.64. The Bertz CT molecular complexity index is 1130. The number of nitrogens with zero attached hydrogens (tertiary/aromatic N) is 2. The van der Waals surface area contributed by atoms with Crippen molar-refractivity contribution in [3.63, 3.8) is 0 Å². The molecule has 0 fully saturated rings. The van der Waals surface area contributed by atoms with Gasteiger partial charge in [-0.1, -0.05) is 53.2 Å². The third-order valence-electron chi connectivity index (χ3n) is 5.24. The lowest BCUT2D eigenvalue weighted by Gasteiger charge is -2.16. The summed E-state index contributed by atoms with van der Waals surface area (Å²) in [5, 5.41) is 1.69. The lowest BCUT2D eigenvalue weighted by atomic mass is 9.97. The van der Waals surface area contributed by atoms with Gasteiger partial charge in [0.25, 0.3) is 5.56 Å². The summed E-state index contributed by atoms with van der Waals surface area (Å²) in [4.78, 5) is 17.9. The van der Waals surface area contributed by atoms with E-state index in [1.807, 2.05) is 24.3 Å². The van der Waals surface area contributed by atoms with E-state index in [-0.39, 0.29) is 11.4 Å². The number of hydrogen-bond donors (Lipinski definition) is 0. The minimum Gasteiger partial charge on any atom is -0.287 e. The zero-order valence-electron chi connectivity index (χ0n) is 16.0. The van der Waals surface area contributed by atoms with Gasteiger partial charge in [0.05, 0.1) is 10.9 Å². The van der Waals surface area contributed by atoms with Crippen LogP contribution in [0, 0.1) is 5.82 Å². The molecule has 0 amide bonds. The molecule has 0 radical (unpaired) electrons. The molecule has 0 saturated heterocycles. The van der Waals surface area contributed by atoms with Crippen LogP contribution in [0.4, 0.5) is 4.39 Å².